The summed E-state index contributed by atoms with van der Waals surface area (Å²) in [7, 11) is 1.68. The second-order valence-corrected chi connectivity index (χ2v) is 6.67. The van der Waals surface area contributed by atoms with Crippen molar-refractivity contribution in [3.8, 4) is 5.75 Å². The van der Waals surface area contributed by atoms with E-state index in [2.05, 4.69) is 43.1 Å². The SMILES string of the molecule is CCNC(=NCC(C)(C)c1ccc(OC)cc1)N1CC[C@@H](O)C1.I. The molecular formula is C18H30IN3O2. The number of hydrogen-bond donors (Lipinski definition) is 2. The van der Waals surface area contributed by atoms with Gasteiger partial charge in [-0.1, -0.05) is 26.0 Å². The molecule has 2 rings (SSSR count). The van der Waals surface area contributed by atoms with Crippen LogP contribution in [0, 0.1) is 0 Å². The summed E-state index contributed by atoms with van der Waals surface area (Å²) in [4.78, 5) is 6.95. The number of nitrogens with one attached hydrogen (secondary N) is 1. The van der Waals surface area contributed by atoms with Gasteiger partial charge in [-0.05, 0) is 31.0 Å². The number of aliphatic hydroxyl groups excluding tert-OH is 1. The molecule has 0 amide bonds. The second kappa shape index (κ2) is 9.46. The number of likely N-dealkylation sites (tertiary alicyclic amines) is 1. The molecule has 0 spiro atoms. The Morgan fingerprint density at radius 1 is 1.38 bits per heavy atom. The van der Waals surface area contributed by atoms with Crippen LogP contribution in [0.25, 0.3) is 0 Å². The van der Waals surface area contributed by atoms with E-state index in [1.807, 2.05) is 12.1 Å². The van der Waals surface area contributed by atoms with Gasteiger partial charge in [-0.3, -0.25) is 4.99 Å². The van der Waals surface area contributed by atoms with Gasteiger partial charge in [0.15, 0.2) is 5.96 Å². The van der Waals surface area contributed by atoms with Crippen molar-refractivity contribution >= 4 is 29.9 Å². The second-order valence-electron chi connectivity index (χ2n) is 6.67. The van der Waals surface area contributed by atoms with Gasteiger partial charge in [-0.25, -0.2) is 0 Å². The number of benzene rings is 1. The number of aliphatic hydroxyl groups is 1. The van der Waals surface area contributed by atoms with Crippen molar-refractivity contribution in [1.82, 2.24) is 10.2 Å². The molecule has 1 atom stereocenters. The van der Waals surface area contributed by atoms with Gasteiger partial charge in [0.1, 0.15) is 5.75 Å². The summed E-state index contributed by atoms with van der Waals surface area (Å²) < 4.78 is 5.22. The van der Waals surface area contributed by atoms with E-state index in [1.54, 1.807) is 7.11 Å². The number of aliphatic imine (C=N–C) groups is 1. The molecule has 0 unspecified atom stereocenters. The maximum Gasteiger partial charge on any atom is 0.194 e. The number of rotatable bonds is 5. The smallest absolute Gasteiger partial charge is 0.194 e. The predicted octanol–water partition coefficient (Wildman–Crippen LogP) is 2.62. The molecule has 0 radical (unpaired) electrons. The minimum atomic E-state index is -0.242. The molecule has 0 aliphatic carbocycles. The van der Waals surface area contributed by atoms with E-state index in [0.29, 0.717) is 13.1 Å². The van der Waals surface area contributed by atoms with Gasteiger partial charge in [-0.2, -0.15) is 0 Å². The van der Waals surface area contributed by atoms with Crippen LogP contribution < -0.4 is 10.1 Å². The third-order valence-electron chi connectivity index (χ3n) is 4.29. The van der Waals surface area contributed by atoms with Gasteiger partial charge in [0.05, 0.1) is 19.8 Å². The standard InChI is InChI=1S/C18H29N3O2.HI/c1-5-19-17(21-11-10-15(22)12-21)20-13-18(2,3)14-6-8-16(23-4)9-7-14;/h6-9,15,22H,5,10-13H2,1-4H3,(H,19,20);1H/t15-;/m1./s1. The third-order valence-corrected chi connectivity index (χ3v) is 4.29. The molecule has 2 N–H and O–H groups in total. The Labute approximate surface area is 162 Å². The number of ether oxygens (including phenoxy) is 1. The van der Waals surface area contributed by atoms with E-state index in [4.69, 9.17) is 9.73 Å². The van der Waals surface area contributed by atoms with Crippen LogP contribution in [0.3, 0.4) is 0 Å². The Morgan fingerprint density at radius 2 is 2.04 bits per heavy atom. The molecule has 1 aromatic rings. The zero-order chi connectivity index (χ0) is 16.9. The first-order chi connectivity index (χ1) is 11.0. The van der Waals surface area contributed by atoms with E-state index in [0.717, 1.165) is 31.2 Å². The number of β-amino-alcohol motifs (C(OH)–C–C–N with tert-alkyl or cyclic N) is 1. The van der Waals surface area contributed by atoms with Crippen LogP contribution in [0.2, 0.25) is 0 Å². The van der Waals surface area contributed by atoms with E-state index in [9.17, 15) is 5.11 Å². The number of halogens is 1. The highest BCUT2D eigenvalue weighted by molar-refractivity contribution is 14.0. The van der Waals surface area contributed by atoms with E-state index in [1.165, 1.54) is 5.56 Å². The molecule has 1 saturated heterocycles. The van der Waals surface area contributed by atoms with Crippen LogP contribution in [-0.2, 0) is 5.41 Å². The third kappa shape index (κ3) is 5.51. The van der Waals surface area contributed by atoms with Crippen molar-refractivity contribution < 1.29 is 9.84 Å². The van der Waals surface area contributed by atoms with E-state index < -0.39 is 0 Å². The zero-order valence-corrected chi connectivity index (χ0v) is 17.4. The Morgan fingerprint density at radius 3 is 2.54 bits per heavy atom. The summed E-state index contributed by atoms with van der Waals surface area (Å²) in [6.45, 7) is 9.49. The van der Waals surface area contributed by atoms with Gasteiger partial charge >= 0.3 is 0 Å². The Bertz CT molecular complexity index is 532. The number of hydrogen-bond acceptors (Lipinski definition) is 3. The van der Waals surface area contributed by atoms with Gasteiger partial charge in [0, 0.05) is 25.0 Å². The van der Waals surface area contributed by atoms with Crippen LogP contribution in [0.5, 0.6) is 5.75 Å². The summed E-state index contributed by atoms with van der Waals surface area (Å²) in [6, 6.07) is 8.17. The van der Waals surface area contributed by atoms with Crippen molar-refractivity contribution in [3.63, 3.8) is 0 Å². The minimum absolute atomic E-state index is 0. The van der Waals surface area contributed by atoms with Gasteiger partial charge < -0.3 is 20.1 Å². The monoisotopic (exact) mass is 447 g/mol. The fraction of sp³-hybridized carbons (Fsp3) is 0.611. The van der Waals surface area contributed by atoms with Crippen LogP contribution in [0.4, 0.5) is 0 Å². The fourth-order valence-electron chi connectivity index (χ4n) is 2.77. The molecule has 0 aromatic heterocycles. The first kappa shape index (κ1) is 21.0. The van der Waals surface area contributed by atoms with Crippen molar-refractivity contribution in [2.45, 2.75) is 38.7 Å². The summed E-state index contributed by atoms with van der Waals surface area (Å²) >= 11 is 0. The van der Waals surface area contributed by atoms with Crippen LogP contribution in [0.1, 0.15) is 32.8 Å². The van der Waals surface area contributed by atoms with Crippen LogP contribution in [0.15, 0.2) is 29.3 Å². The zero-order valence-electron chi connectivity index (χ0n) is 15.1. The Kier molecular flexibility index (Phi) is 8.29. The minimum Gasteiger partial charge on any atom is -0.497 e. The first-order valence-corrected chi connectivity index (χ1v) is 8.32. The lowest BCUT2D eigenvalue weighted by Gasteiger charge is -2.26. The molecule has 136 valence electrons. The van der Waals surface area contributed by atoms with Gasteiger partial charge in [0.25, 0.3) is 0 Å². The number of nitrogens with zero attached hydrogens (tertiary/aromatic N) is 2. The highest BCUT2D eigenvalue weighted by Crippen LogP contribution is 2.25. The molecule has 6 heteroatoms. The molecule has 1 aliphatic heterocycles. The lowest BCUT2D eigenvalue weighted by Crippen LogP contribution is -2.41. The number of guanidine groups is 1. The van der Waals surface area contributed by atoms with Gasteiger partial charge in [-0.15, -0.1) is 24.0 Å². The van der Waals surface area contributed by atoms with Crippen LogP contribution >= 0.6 is 24.0 Å². The summed E-state index contributed by atoms with van der Waals surface area (Å²) in [6.07, 6.45) is 0.570. The molecule has 1 fully saturated rings. The quantitative estimate of drug-likeness (QED) is 0.414. The van der Waals surface area contributed by atoms with E-state index in [-0.39, 0.29) is 35.5 Å². The Hall–Kier alpha value is -1.02. The fourth-order valence-corrected chi connectivity index (χ4v) is 2.77. The molecule has 1 heterocycles. The largest absolute Gasteiger partial charge is 0.497 e. The van der Waals surface area contributed by atoms with Crippen molar-refractivity contribution in [2.75, 3.05) is 33.3 Å². The molecule has 0 saturated carbocycles. The highest BCUT2D eigenvalue weighted by atomic mass is 127. The molecular weight excluding hydrogens is 417 g/mol. The lowest BCUT2D eigenvalue weighted by molar-refractivity contribution is 0.187. The average Bonchev–Trinajstić information content (AvgIpc) is 2.98. The lowest BCUT2D eigenvalue weighted by atomic mass is 9.85. The van der Waals surface area contributed by atoms with Crippen LogP contribution in [-0.4, -0.2) is 55.4 Å². The van der Waals surface area contributed by atoms with Gasteiger partial charge in [0.2, 0.25) is 0 Å². The van der Waals surface area contributed by atoms with Crippen molar-refractivity contribution in [2.24, 2.45) is 4.99 Å². The summed E-state index contributed by atoms with van der Waals surface area (Å²) in [5, 5.41) is 13.1. The molecule has 24 heavy (non-hydrogen) atoms. The highest BCUT2D eigenvalue weighted by Gasteiger charge is 2.25. The molecule has 0 bridgehead atoms. The summed E-state index contributed by atoms with van der Waals surface area (Å²) in [5.41, 5.74) is 1.17. The average molecular weight is 447 g/mol. The first-order valence-electron chi connectivity index (χ1n) is 8.32. The topological polar surface area (TPSA) is 57.1 Å². The molecule has 1 aromatic carbocycles. The Balaban J connectivity index is 0.00000288. The van der Waals surface area contributed by atoms with E-state index >= 15 is 0 Å². The normalized spacial score (nSPS) is 18.3. The van der Waals surface area contributed by atoms with Crippen molar-refractivity contribution in [3.05, 3.63) is 29.8 Å². The summed E-state index contributed by atoms with van der Waals surface area (Å²) in [5.74, 6) is 1.76. The van der Waals surface area contributed by atoms with Crippen molar-refractivity contribution in [1.29, 1.82) is 0 Å². The maximum absolute atomic E-state index is 9.74. The number of methoxy groups -OCH3 is 1. The molecule has 1 aliphatic rings. The molecule has 5 nitrogen and oxygen atoms in total. The predicted molar refractivity (Wildman–Crippen MR) is 110 cm³/mol. The maximum atomic E-state index is 9.74.